The van der Waals surface area contributed by atoms with Crippen LogP contribution in [-0.4, -0.2) is 48.7 Å². The third-order valence-corrected chi connectivity index (χ3v) is 9.51. The minimum atomic E-state index is -3.92. The van der Waals surface area contributed by atoms with Crippen molar-refractivity contribution in [2.75, 3.05) is 12.4 Å². The monoisotopic (exact) mass is 507 g/mol. The highest BCUT2D eigenvalue weighted by Gasteiger charge is 2.43. The van der Waals surface area contributed by atoms with Crippen LogP contribution < -0.4 is 10.1 Å². The van der Waals surface area contributed by atoms with Gasteiger partial charge in [-0.05, 0) is 48.6 Å². The number of thiophene rings is 1. The molecule has 2 aliphatic rings. The van der Waals surface area contributed by atoms with E-state index in [4.69, 9.17) is 4.74 Å². The molecule has 0 radical (unpaired) electrons. The van der Waals surface area contributed by atoms with Gasteiger partial charge in [-0.3, -0.25) is 14.5 Å². The number of carbonyl (C=O) groups excluding carboxylic acids is 2. The van der Waals surface area contributed by atoms with Crippen molar-refractivity contribution in [1.82, 2.24) is 4.90 Å². The largest absolute Gasteiger partial charge is 0.497 e. The minimum absolute atomic E-state index is 0.0726. The van der Waals surface area contributed by atoms with Gasteiger partial charge in [-0.15, -0.1) is 15.7 Å². The number of anilines is 1. The molecule has 2 fully saturated rings. The summed E-state index contributed by atoms with van der Waals surface area (Å²) < 4.78 is 34.9. The molecule has 0 spiro atoms. The van der Waals surface area contributed by atoms with E-state index in [1.54, 1.807) is 42.8 Å². The molecule has 0 bridgehead atoms. The molecule has 33 heavy (non-hydrogen) atoms. The lowest BCUT2D eigenvalue weighted by molar-refractivity contribution is -0.130. The number of nitrogens with one attached hydrogen (secondary N) is 1. The van der Waals surface area contributed by atoms with Gasteiger partial charge in [0, 0.05) is 18.2 Å². The molecule has 1 aliphatic carbocycles. The molecular weight excluding hydrogens is 482 g/mol. The number of sulfonamides is 1. The Morgan fingerprint density at radius 3 is 2.55 bits per heavy atom. The Kier molecular flexibility index (Phi) is 7.40. The standard InChI is InChI=1S/C22H25N3O5S3/c1-30-17-11-9-15(10-12-17)23-19(26)14-18-21(27)25(16-6-3-2-4-7-16)22(32-18)24-33(28,29)20-8-5-13-31-20/h5,8-13,16,18H,2-4,6-7,14H2,1H3,(H,23,26)/t18-/m1/s1. The van der Waals surface area contributed by atoms with Crippen LogP contribution >= 0.6 is 23.1 Å². The summed E-state index contributed by atoms with van der Waals surface area (Å²) in [5, 5.41) is 3.91. The maximum Gasteiger partial charge on any atom is 0.294 e. The van der Waals surface area contributed by atoms with Crippen molar-refractivity contribution in [1.29, 1.82) is 0 Å². The van der Waals surface area contributed by atoms with E-state index in [2.05, 4.69) is 9.71 Å². The zero-order valence-corrected chi connectivity index (χ0v) is 20.5. The van der Waals surface area contributed by atoms with E-state index in [1.165, 1.54) is 11.0 Å². The maximum atomic E-state index is 13.3. The number of benzene rings is 1. The lowest BCUT2D eigenvalue weighted by Crippen LogP contribution is -2.42. The number of amidine groups is 1. The molecule has 1 saturated carbocycles. The molecule has 1 aliphatic heterocycles. The highest BCUT2D eigenvalue weighted by Crippen LogP contribution is 2.36. The van der Waals surface area contributed by atoms with Gasteiger partial charge in [0.05, 0.1) is 7.11 Å². The molecule has 2 amide bonds. The first-order valence-electron chi connectivity index (χ1n) is 10.7. The summed E-state index contributed by atoms with van der Waals surface area (Å²) in [6.45, 7) is 0. The fourth-order valence-corrected chi connectivity index (χ4v) is 7.34. The van der Waals surface area contributed by atoms with Crippen molar-refractivity contribution in [2.45, 2.75) is 54.0 Å². The van der Waals surface area contributed by atoms with Gasteiger partial charge in [0.25, 0.3) is 10.0 Å². The van der Waals surface area contributed by atoms with Crippen molar-refractivity contribution >= 4 is 55.8 Å². The SMILES string of the molecule is COc1ccc(NC(=O)C[C@H]2SC(=NS(=O)(=O)c3cccs3)N(C3CCCCC3)C2=O)cc1. The first-order valence-corrected chi connectivity index (χ1v) is 13.9. The molecule has 1 N–H and O–H groups in total. The van der Waals surface area contributed by atoms with Gasteiger partial charge in [-0.2, -0.15) is 8.42 Å². The van der Waals surface area contributed by atoms with E-state index in [1.807, 2.05) is 0 Å². The number of nitrogens with zero attached hydrogens (tertiary/aromatic N) is 2. The van der Waals surface area contributed by atoms with Crippen LogP contribution in [0.3, 0.4) is 0 Å². The van der Waals surface area contributed by atoms with Crippen molar-refractivity contribution in [2.24, 2.45) is 4.40 Å². The summed E-state index contributed by atoms with van der Waals surface area (Å²) in [5.41, 5.74) is 0.592. The van der Waals surface area contributed by atoms with Crippen molar-refractivity contribution < 1.29 is 22.7 Å². The molecule has 176 valence electrons. The number of hydrogen-bond acceptors (Lipinski definition) is 7. The number of hydrogen-bond donors (Lipinski definition) is 1. The molecule has 2 heterocycles. The second-order valence-corrected chi connectivity index (χ2v) is 11.8. The van der Waals surface area contributed by atoms with Gasteiger partial charge in [-0.1, -0.05) is 37.1 Å². The Labute approximate surface area is 201 Å². The van der Waals surface area contributed by atoms with Crippen LogP contribution in [0.4, 0.5) is 5.69 Å². The van der Waals surface area contributed by atoms with Gasteiger partial charge in [0.15, 0.2) is 5.17 Å². The molecule has 1 aromatic carbocycles. The number of ether oxygens (including phenoxy) is 1. The molecule has 4 rings (SSSR count). The summed E-state index contributed by atoms with van der Waals surface area (Å²) in [6, 6.07) is 9.95. The van der Waals surface area contributed by atoms with Crippen LogP contribution in [0, 0.1) is 0 Å². The van der Waals surface area contributed by atoms with E-state index >= 15 is 0 Å². The summed E-state index contributed by atoms with van der Waals surface area (Å²) >= 11 is 2.15. The summed E-state index contributed by atoms with van der Waals surface area (Å²) in [6.07, 6.45) is 4.58. The highest BCUT2D eigenvalue weighted by molar-refractivity contribution is 8.16. The van der Waals surface area contributed by atoms with E-state index in [-0.39, 0.29) is 33.7 Å². The Bertz CT molecular complexity index is 1120. The topological polar surface area (TPSA) is 105 Å². The molecule has 2 aromatic rings. The Hall–Kier alpha value is -2.37. The third-order valence-electron chi connectivity index (χ3n) is 5.60. The number of rotatable bonds is 7. The normalized spacial score (nSPS) is 20.9. The number of amides is 2. The molecular formula is C22H25N3O5S3. The molecule has 8 nitrogen and oxygen atoms in total. The predicted octanol–water partition coefficient (Wildman–Crippen LogP) is 4.11. The number of methoxy groups -OCH3 is 1. The summed E-state index contributed by atoms with van der Waals surface area (Å²) in [5.74, 6) is 0.0966. The predicted molar refractivity (Wildman–Crippen MR) is 130 cm³/mol. The molecule has 0 unspecified atom stereocenters. The van der Waals surface area contributed by atoms with E-state index in [9.17, 15) is 18.0 Å². The average Bonchev–Trinajstić information content (AvgIpc) is 3.44. The lowest BCUT2D eigenvalue weighted by atomic mass is 9.94. The smallest absolute Gasteiger partial charge is 0.294 e. The van der Waals surface area contributed by atoms with Gasteiger partial charge in [0.1, 0.15) is 15.2 Å². The van der Waals surface area contributed by atoms with E-state index in [0.29, 0.717) is 11.4 Å². The van der Waals surface area contributed by atoms with Crippen molar-refractivity contribution in [3.63, 3.8) is 0 Å². The highest BCUT2D eigenvalue weighted by atomic mass is 32.2. The maximum absolute atomic E-state index is 13.3. The lowest BCUT2D eigenvalue weighted by Gasteiger charge is -2.30. The number of thioether (sulfide) groups is 1. The minimum Gasteiger partial charge on any atom is -0.497 e. The van der Waals surface area contributed by atoms with Crippen LogP contribution in [0.2, 0.25) is 0 Å². The quantitative estimate of drug-likeness (QED) is 0.605. The fraction of sp³-hybridized carbons (Fsp3) is 0.409. The van der Waals surface area contributed by atoms with Crippen LogP contribution in [0.5, 0.6) is 5.75 Å². The molecule has 11 heteroatoms. The fourth-order valence-electron chi connectivity index (χ4n) is 3.97. The van der Waals surface area contributed by atoms with Crippen LogP contribution in [0.15, 0.2) is 50.4 Å². The second kappa shape index (κ2) is 10.3. The Morgan fingerprint density at radius 2 is 1.91 bits per heavy atom. The van der Waals surface area contributed by atoms with Gasteiger partial charge in [0.2, 0.25) is 11.8 Å². The van der Waals surface area contributed by atoms with Gasteiger partial charge < -0.3 is 10.1 Å². The van der Waals surface area contributed by atoms with Crippen LogP contribution in [-0.2, 0) is 19.6 Å². The average molecular weight is 508 g/mol. The molecule has 1 aromatic heterocycles. The third kappa shape index (κ3) is 5.59. The Balaban J connectivity index is 1.53. The number of carbonyl (C=O) groups is 2. The zero-order valence-electron chi connectivity index (χ0n) is 18.1. The first-order chi connectivity index (χ1) is 15.9. The van der Waals surface area contributed by atoms with E-state index < -0.39 is 15.3 Å². The second-order valence-electron chi connectivity index (χ2n) is 7.87. The molecule has 1 saturated heterocycles. The summed E-state index contributed by atoms with van der Waals surface area (Å²) in [4.78, 5) is 27.5. The first kappa shape index (κ1) is 23.8. The van der Waals surface area contributed by atoms with Crippen molar-refractivity contribution in [3.05, 3.63) is 41.8 Å². The Morgan fingerprint density at radius 1 is 1.18 bits per heavy atom. The van der Waals surface area contributed by atoms with Gasteiger partial charge in [-0.25, -0.2) is 0 Å². The van der Waals surface area contributed by atoms with Crippen LogP contribution in [0.25, 0.3) is 0 Å². The zero-order chi connectivity index (χ0) is 23.4. The molecule has 1 atom stereocenters. The van der Waals surface area contributed by atoms with Crippen molar-refractivity contribution in [3.8, 4) is 5.75 Å². The summed E-state index contributed by atoms with van der Waals surface area (Å²) in [7, 11) is -2.36. The van der Waals surface area contributed by atoms with Crippen LogP contribution in [0.1, 0.15) is 38.5 Å². The van der Waals surface area contributed by atoms with Gasteiger partial charge >= 0.3 is 0 Å². The van der Waals surface area contributed by atoms with E-state index in [0.717, 1.165) is 55.2 Å².